The van der Waals surface area contributed by atoms with Gasteiger partial charge in [-0.3, -0.25) is 0 Å². The summed E-state index contributed by atoms with van der Waals surface area (Å²) in [5, 5.41) is 29.8. The van der Waals surface area contributed by atoms with Gasteiger partial charge in [0.1, 0.15) is 0 Å². The molecular weight excluding hydrogens is 269 g/mol. The Balaban J connectivity index is 3.00. The van der Waals surface area contributed by atoms with Crippen LogP contribution in [-0.4, -0.2) is 40.5 Å². The van der Waals surface area contributed by atoms with Crippen LogP contribution in [-0.2, 0) is 0 Å². The highest BCUT2D eigenvalue weighted by molar-refractivity contribution is 6.37. The minimum atomic E-state index is -1.18. The highest BCUT2D eigenvalue weighted by Crippen LogP contribution is 2.30. The van der Waals surface area contributed by atoms with E-state index < -0.39 is 18.7 Å². The zero-order valence-electron chi connectivity index (χ0n) is 8.65. The number of nitrogens with one attached hydrogen (secondary N) is 1. The van der Waals surface area contributed by atoms with E-state index >= 15 is 0 Å². The molecule has 1 aromatic carbocycles. The lowest BCUT2D eigenvalue weighted by Crippen LogP contribution is -2.24. The molecule has 0 saturated carbocycles. The number of aliphatic hydroxyl groups is 2. The molecule has 0 aromatic heterocycles. The summed E-state index contributed by atoms with van der Waals surface area (Å²) in [6, 6.07) is 2.65. The maximum Gasteiger partial charge on any atom is 0.337 e. The van der Waals surface area contributed by atoms with Crippen LogP contribution in [0.1, 0.15) is 10.4 Å². The third-order valence-electron chi connectivity index (χ3n) is 2.01. The van der Waals surface area contributed by atoms with Gasteiger partial charge in [0.2, 0.25) is 0 Å². The Bertz CT molecular complexity index is 425. The first-order valence-electron chi connectivity index (χ1n) is 4.70. The highest BCUT2D eigenvalue weighted by atomic mass is 35.5. The second kappa shape index (κ2) is 6.07. The molecule has 1 unspecified atom stereocenters. The van der Waals surface area contributed by atoms with E-state index in [1.54, 1.807) is 0 Å². The Labute approximate surface area is 108 Å². The number of rotatable bonds is 5. The van der Waals surface area contributed by atoms with Gasteiger partial charge >= 0.3 is 5.97 Å². The summed E-state index contributed by atoms with van der Waals surface area (Å²) in [6.45, 7) is -0.446. The van der Waals surface area contributed by atoms with Crippen LogP contribution in [0.25, 0.3) is 0 Å². The van der Waals surface area contributed by atoms with Crippen LogP contribution in [0.4, 0.5) is 5.69 Å². The summed E-state index contributed by atoms with van der Waals surface area (Å²) >= 11 is 11.5. The smallest absolute Gasteiger partial charge is 0.337 e. The SMILES string of the molecule is O=C(O)c1cc(Cl)cc(Cl)c1NCC(O)CO. The van der Waals surface area contributed by atoms with Crippen LogP contribution >= 0.6 is 23.2 Å². The first-order chi connectivity index (χ1) is 7.95. The molecule has 4 N–H and O–H groups in total. The van der Waals surface area contributed by atoms with Gasteiger partial charge in [-0.1, -0.05) is 23.2 Å². The number of anilines is 1. The largest absolute Gasteiger partial charge is 0.478 e. The van der Waals surface area contributed by atoms with Crippen molar-refractivity contribution in [3.63, 3.8) is 0 Å². The monoisotopic (exact) mass is 279 g/mol. The van der Waals surface area contributed by atoms with Crippen molar-refractivity contribution in [2.45, 2.75) is 6.10 Å². The van der Waals surface area contributed by atoms with Gasteiger partial charge in [-0.2, -0.15) is 0 Å². The molecule has 17 heavy (non-hydrogen) atoms. The number of aliphatic hydroxyl groups excluding tert-OH is 2. The van der Waals surface area contributed by atoms with Crippen LogP contribution < -0.4 is 5.32 Å². The third-order valence-corrected chi connectivity index (χ3v) is 2.53. The molecule has 0 amide bonds. The number of aromatic carboxylic acids is 1. The van der Waals surface area contributed by atoms with Crippen LogP contribution in [0.3, 0.4) is 0 Å². The summed E-state index contributed by atoms with van der Waals surface area (Å²) in [5.74, 6) is -1.18. The minimum Gasteiger partial charge on any atom is -0.478 e. The van der Waals surface area contributed by atoms with Gasteiger partial charge in [-0.05, 0) is 12.1 Å². The van der Waals surface area contributed by atoms with Crippen molar-refractivity contribution < 1.29 is 20.1 Å². The molecule has 0 aliphatic carbocycles. The van der Waals surface area contributed by atoms with Gasteiger partial charge in [0.25, 0.3) is 0 Å². The Morgan fingerprint density at radius 3 is 2.59 bits per heavy atom. The van der Waals surface area contributed by atoms with Crippen molar-refractivity contribution in [2.24, 2.45) is 0 Å². The molecule has 0 spiro atoms. The molecule has 0 bridgehead atoms. The number of carbonyl (C=O) groups is 1. The van der Waals surface area contributed by atoms with Gasteiger partial charge in [-0.25, -0.2) is 4.79 Å². The lowest BCUT2D eigenvalue weighted by atomic mass is 10.1. The zero-order chi connectivity index (χ0) is 13.0. The van der Waals surface area contributed by atoms with Crippen LogP contribution in [0.2, 0.25) is 10.0 Å². The first-order valence-corrected chi connectivity index (χ1v) is 5.46. The fourth-order valence-electron chi connectivity index (χ4n) is 1.21. The molecule has 1 rings (SSSR count). The van der Waals surface area contributed by atoms with Gasteiger partial charge in [0.15, 0.2) is 0 Å². The van der Waals surface area contributed by atoms with Crippen molar-refractivity contribution >= 4 is 34.9 Å². The molecule has 0 fully saturated rings. The van der Waals surface area contributed by atoms with Crippen LogP contribution in [0, 0.1) is 0 Å². The number of carboxylic acids is 1. The summed E-state index contributed by atoms with van der Waals surface area (Å²) in [4.78, 5) is 11.0. The van der Waals surface area contributed by atoms with Crippen molar-refractivity contribution in [3.05, 3.63) is 27.7 Å². The average molecular weight is 280 g/mol. The topological polar surface area (TPSA) is 89.8 Å². The fraction of sp³-hybridized carbons (Fsp3) is 0.300. The molecule has 0 radical (unpaired) electrons. The number of benzene rings is 1. The molecule has 0 aliphatic rings. The third kappa shape index (κ3) is 3.74. The number of hydrogen-bond donors (Lipinski definition) is 4. The highest BCUT2D eigenvalue weighted by Gasteiger charge is 2.15. The maximum absolute atomic E-state index is 11.0. The number of halogens is 2. The van der Waals surface area contributed by atoms with E-state index in [2.05, 4.69) is 5.32 Å². The second-order valence-electron chi connectivity index (χ2n) is 3.33. The van der Waals surface area contributed by atoms with Gasteiger partial charge < -0.3 is 20.6 Å². The Morgan fingerprint density at radius 1 is 1.41 bits per heavy atom. The summed E-state index contributed by atoms with van der Waals surface area (Å²) < 4.78 is 0. The molecule has 1 aromatic rings. The molecule has 0 heterocycles. The van der Waals surface area contributed by atoms with E-state index in [0.29, 0.717) is 0 Å². The van der Waals surface area contributed by atoms with Gasteiger partial charge in [0.05, 0.1) is 29.0 Å². The lowest BCUT2D eigenvalue weighted by Gasteiger charge is -2.14. The maximum atomic E-state index is 11.0. The van der Waals surface area contributed by atoms with Gasteiger partial charge in [-0.15, -0.1) is 0 Å². The Hall–Kier alpha value is -1.01. The summed E-state index contributed by atoms with van der Waals surface area (Å²) in [7, 11) is 0. The summed E-state index contributed by atoms with van der Waals surface area (Å²) in [6.07, 6.45) is -0.997. The molecule has 5 nitrogen and oxygen atoms in total. The molecule has 94 valence electrons. The van der Waals surface area contributed by atoms with E-state index in [9.17, 15) is 4.79 Å². The Morgan fingerprint density at radius 2 is 2.06 bits per heavy atom. The normalized spacial score (nSPS) is 12.2. The van der Waals surface area contributed by atoms with Crippen molar-refractivity contribution in [3.8, 4) is 0 Å². The molecule has 1 atom stereocenters. The standard InChI is InChI=1S/C10H11Cl2NO4/c11-5-1-7(10(16)17)9(8(12)2-5)13-3-6(15)4-14/h1-2,6,13-15H,3-4H2,(H,16,17). The van der Waals surface area contributed by atoms with Crippen molar-refractivity contribution in [1.82, 2.24) is 0 Å². The van der Waals surface area contributed by atoms with Crippen LogP contribution in [0.5, 0.6) is 0 Å². The van der Waals surface area contributed by atoms with Crippen molar-refractivity contribution in [2.75, 3.05) is 18.5 Å². The quantitative estimate of drug-likeness (QED) is 0.655. The molecule has 0 saturated heterocycles. The summed E-state index contributed by atoms with van der Waals surface area (Å²) in [5.41, 5.74) is 0.0729. The van der Waals surface area contributed by atoms with E-state index in [0.717, 1.165) is 0 Å². The predicted molar refractivity (Wildman–Crippen MR) is 65.0 cm³/mol. The molecule has 7 heteroatoms. The van der Waals surface area contributed by atoms with Gasteiger partial charge in [0, 0.05) is 11.6 Å². The van der Waals surface area contributed by atoms with Crippen molar-refractivity contribution in [1.29, 1.82) is 0 Å². The van der Waals surface area contributed by atoms with E-state index in [1.165, 1.54) is 12.1 Å². The number of hydrogen-bond acceptors (Lipinski definition) is 4. The predicted octanol–water partition coefficient (Wildman–Crippen LogP) is 1.46. The molecule has 0 aliphatic heterocycles. The average Bonchev–Trinajstić information content (AvgIpc) is 2.26. The van der Waals surface area contributed by atoms with E-state index in [1.807, 2.05) is 0 Å². The van der Waals surface area contributed by atoms with Crippen LogP contribution in [0.15, 0.2) is 12.1 Å². The lowest BCUT2D eigenvalue weighted by molar-refractivity contribution is 0.0697. The zero-order valence-corrected chi connectivity index (χ0v) is 10.2. The van der Waals surface area contributed by atoms with E-state index in [-0.39, 0.29) is 27.8 Å². The Kier molecular flexibility index (Phi) is 5.02. The van der Waals surface area contributed by atoms with E-state index in [4.69, 9.17) is 38.5 Å². The number of carboxylic acid groups (broad SMARTS) is 1. The first kappa shape index (κ1) is 14.1. The minimum absolute atomic E-state index is 0.0157. The fourth-order valence-corrected chi connectivity index (χ4v) is 1.77. The molecular formula is C10H11Cl2NO4. The second-order valence-corrected chi connectivity index (χ2v) is 4.18.